The molecule has 0 bridgehead atoms. The molecule has 0 atom stereocenters. The molecule has 0 radical (unpaired) electrons. The summed E-state index contributed by atoms with van der Waals surface area (Å²) in [6, 6.07) is 6.48. The van der Waals surface area contributed by atoms with Gasteiger partial charge in [0.05, 0.1) is 17.4 Å². The number of hydrogen-bond donors (Lipinski definition) is 0. The van der Waals surface area contributed by atoms with Gasteiger partial charge in [0, 0.05) is 35.2 Å². The van der Waals surface area contributed by atoms with E-state index in [2.05, 4.69) is 83.1 Å². The summed E-state index contributed by atoms with van der Waals surface area (Å²) >= 11 is 3.53. The number of nitrogens with zero attached hydrogens (tertiary/aromatic N) is 3. The van der Waals surface area contributed by atoms with Crippen LogP contribution < -0.4 is 0 Å². The van der Waals surface area contributed by atoms with Gasteiger partial charge in [-0.25, -0.2) is 0 Å². The van der Waals surface area contributed by atoms with Gasteiger partial charge in [0.25, 0.3) is 0 Å². The zero-order valence-electron chi connectivity index (χ0n) is 14.4. The highest BCUT2D eigenvalue weighted by atomic mass is 79.9. The second-order valence-electron chi connectivity index (χ2n) is 7.28. The first kappa shape index (κ1) is 16.3. The lowest BCUT2D eigenvalue weighted by Crippen LogP contribution is -2.32. The van der Waals surface area contributed by atoms with Crippen molar-refractivity contribution in [2.75, 3.05) is 6.54 Å². The predicted molar refractivity (Wildman–Crippen MR) is 99.3 cm³/mol. The standard InChI is InChI=1S/C19H24BrN3/c1-13-10-16(20)7-6-15(13)12-22-9-8-18-17(14(22)2)11-21-23(18)19(3,4)5/h6-7,10-11H,2,8-9,12H2,1,3-5H3. The zero-order valence-corrected chi connectivity index (χ0v) is 15.9. The maximum absolute atomic E-state index is 4.61. The number of aryl methyl sites for hydroxylation is 1. The van der Waals surface area contributed by atoms with Crippen LogP contribution in [0.25, 0.3) is 5.70 Å². The summed E-state index contributed by atoms with van der Waals surface area (Å²) in [4.78, 5) is 2.37. The summed E-state index contributed by atoms with van der Waals surface area (Å²) in [5.41, 5.74) is 6.26. The van der Waals surface area contributed by atoms with Crippen LogP contribution in [-0.2, 0) is 18.5 Å². The lowest BCUT2D eigenvalue weighted by atomic mass is 10.0. The number of hydrogen-bond acceptors (Lipinski definition) is 2. The van der Waals surface area contributed by atoms with Crippen molar-refractivity contribution in [1.29, 1.82) is 0 Å². The van der Waals surface area contributed by atoms with Gasteiger partial charge in [-0.15, -0.1) is 0 Å². The number of halogens is 1. The normalized spacial score (nSPS) is 15.0. The smallest absolute Gasteiger partial charge is 0.0586 e. The van der Waals surface area contributed by atoms with E-state index in [4.69, 9.17) is 0 Å². The van der Waals surface area contributed by atoms with Gasteiger partial charge in [-0.3, -0.25) is 4.68 Å². The molecule has 1 aliphatic rings. The van der Waals surface area contributed by atoms with Crippen LogP contribution in [0.3, 0.4) is 0 Å². The number of benzene rings is 1. The Labute approximate surface area is 147 Å². The Morgan fingerprint density at radius 3 is 2.70 bits per heavy atom. The molecule has 0 saturated carbocycles. The van der Waals surface area contributed by atoms with Crippen LogP contribution in [0.15, 0.2) is 35.4 Å². The molecule has 3 rings (SSSR count). The highest BCUT2D eigenvalue weighted by molar-refractivity contribution is 9.10. The lowest BCUT2D eigenvalue weighted by Gasteiger charge is -2.33. The fraction of sp³-hybridized carbons (Fsp3) is 0.421. The summed E-state index contributed by atoms with van der Waals surface area (Å²) in [6.45, 7) is 15.0. The fourth-order valence-electron chi connectivity index (χ4n) is 3.20. The van der Waals surface area contributed by atoms with E-state index in [0.29, 0.717) is 0 Å². The molecule has 3 nitrogen and oxygen atoms in total. The predicted octanol–water partition coefficient (Wildman–Crippen LogP) is 4.74. The molecule has 0 unspecified atom stereocenters. The highest BCUT2D eigenvalue weighted by Crippen LogP contribution is 2.31. The van der Waals surface area contributed by atoms with Gasteiger partial charge in [0.1, 0.15) is 0 Å². The minimum atomic E-state index is 0.0122. The van der Waals surface area contributed by atoms with Gasteiger partial charge in [-0.2, -0.15) is 5.10 Å². The van der Waals surface area contributed by atoms with E-state index in [1.165, 1.54) is 22.4 Å². The molecular weight excluding hydrogens is 350 g/mol. The van der Waals surface area contributed by atoms with E-state index in [-0.39, 0.29) is 5.54 Å². The molecule has 4 heteroatoms. The third-order valence-corrected chi connectivity index (χ3v) is 4.97. The molecule has 2 heterocycles. The molecule has 1 aromatic carbocycles. The first-order valence-corrected chi connectivity index (χ1v) is 8.83. The summed E-state index contributed by atoms with van der Waals surface area (Å²) in [5, 5.41) is 4.61. The Morgan fingerprint density at radius 1 is 1.30 bits per heavy atom. The van der Waals surface area contributed by atoms with Gasteiger partial charge in [0.2, 0.25) is 0 Å². The summed E-state index contributed by atoms with van der Waals surface area (Å²) in [5.74, 6) is 0. The molecule has 122 valence electrons. The Balaban J connectivity index is 1.86. The van der Waals surface area contributed by atoms with Crippen LogP contribution in [0.5, 0.6) is 0 Å². The van der Waals surface area contributed by atoms with Crippen molar-refractivity contribution in [2.24, 2.45) is 0 Å². The van der Waals surface area contributed by atoms with Crippen molar-refractivity contribution in [3.05, 3.63) is 57.8 Å². The van der Waals surface area contributed by atoms with Gasteiger partial charge < -0.3 is 4.90 Å². The monoisotopic (exact) mass is 373 g/mol. The van der Waals surface area contributed by atoms with Crippen molar-refractivity contribution < 1.29 is 0 Å². The Bertz CT molecular complexity index is 752. The maximum atomic E-state index is 4.61. The summed E-state index contributed by atoms with van der Waals surface area (Å²) < 4.78 is 3.28. The van der Waals surface area contributed by atoms with Gasteiger partial charge in [-0.1, -0.05) is 28.6 Å². The topological polar surface area (TPSA) is 21.1 Å². The first-order valence-electron chi connectivity index (χ1n) is 8.04. The Kier molecular flexibility index (Phi) is 4.13. The van der Waals surface area contributed by atoms with Crippen molar-refractivity contribution in [3.63, 3.8) is 0 Å². The maximum Gasteiger partial charge on any atom is 0.0586 e. The van der Waals surface area contributed by atoms with Crippen LogP contribution in [0.4, 0.5) is 0 Å². The van der Waals surface area contributed by atoms with E-state index < -0.39 is 0 Å². The van der Waals surface area contributed by atoms with E-state index in [1.54, 1.807) is 0 Å². The van der Waals surface area contributed by atoms with Crippen LogP contribution in [0, 0.1) is 6.92 Å². The van der Waals surface area contributed by atoms with Crippen LogP contribution in [0.2, 0.25) is 0 Å². The van der Waals surface area contributed by atoms with E-state index in [9.17, 15) is 0 Å². The largest absolute Gasteiger partial charge is 0.367 e. The molecule has 0 fully saturated rings. The van der Waals surface area contributed by atoms with Crippen molar-refractivity contribution >= 4 is 21.6 Å². The molecule has 0 saturated heterocycles. The molecule has 23 heavy (non-hydrogen) atoms. The quantitative estimate of drug-likeness (QED) is 0.757. The SMILES string of the molecule is C=C1c2cnn(C(C)(C)C)c2CCN1Cc1ccc(Br)cc1C. The number of aromatic nitrogens is 2. The molecular formula is C19H24BrN3. The van der Waals surface area contributed by atoms with Gasteiger partial charge in [-0.05, 0) is 51.0 Å². The molecule has 0 amide bonds. The van der Waals surface area contributed by atoms with E-state index >= 15 is 0 Å². The number of fused-ring (bicyclic) bond motifs is 1. The van der Waals surface area contributed by atoms with Crippen molar-refractivity contribution in [3.8, 4) is 0 Å². The lowest BCUT2D eigenvalue weighted by molar-refractivity contribution is 0.325. The highest BCUT2D eigenvalue weighted by Gasteiger charge is 2.27. The minimum Gasteiger partial charge on any atom is -0.367 e. The average molecular weight is 374 g/mol. The van der Waals surface area contributed by atoms with Crippen LogP contribution in [0.1, 0.15) is 43.2 Å². The third kappa shape index (κ3) is 3.09. The first-order chi connectivity index (χ1) is 10.8. The molecule has 1 aromatic heterocycles. The van der Waals surface area contributed by atoms with Crippen LogP contribution >= 0.6 is 15.9 Å². The molecule has 0 N–H and O–H groups in total. The second-order valence-corrected chi connectivity index (χ2v) is 8.19. The number of rotatable bonds is 2. The van der Waals surface area contributed by atoms with E-state index in [0.717, 1.165) is 29.7 Å². The van der Waals surface area contributed by atoms with Gasteiger partial charge in [0.15, 0.2) is 0 Å². The van der Waals surface area contributed by atoms with Gasteiger partial charge >= 0.3 is 0 Å². The zero-order chi connectivity index (χ0) is 16.8. The third-order valence-electron chi connectivity index (χ3n) is 4.48. The minimum absolute atomic E-state index is 0.0122. The second kappa shape index (κ2) is 5.82. The fourth-order valence-corrected chi connectivity index (χ4v) is 3.67. The summed E-state index contributed by atoms with van der Waals surface area (Å²) in [6.07, 6.45) is 2.99. The Hall–Kier alpha value is -1.55. The van der Waals surface area contributed by atoms with Crippen molar-refractivity contribution in [2.45, 2.75) is 46.2 Å². The van der Waals surface area contributed by atoms with Crippen molar-refractivity contribution in [1.82, 2.24) is 14.7 Å². The van der Waals surface area contributed by atoms with Crippen LogP contribution in [-0.4, -0.2) is 21.2 Å². The average Bonchev–Trinajstić information content (AvgIpc) is 2.89. The molecule has 2 aromatic rings. The molecule has 0 spiro atoms. The van der Waals surface area contributed by atoms with E-state index in [1.807, 2.05) is 6.20 Å². The summed E-state index contributed by atoms with van der Waals surface area (Å²) in [7, 11) is 0. The Morgan fingerprint density at radius 2 is 2.04 bits per heavy atom. The molecule has 0 aliphatic carbocycles. The molecule has 1 aliphatic heterocycles.